The van der Waals surface area contributed by atoms with Crippen LogP contribution in [0.1, 0.15) is 20.3 Å². The molecule has 0 rings (SSSR count). The topological polar surface area (TPSA) is 171 Å². The highest BCUT2D eigenvalue weighted by molar-refractivity contribution is 7.80. The summed E-state index contributed by atoms with van der Waals surface area (Å²) in [6, 6.07) is -4.50. The van der Waals surface area contributed by atoms with E-state index in [1.54, 1.807) is 6.92 Å². The standard InChI is InChI=1S/C15H28N4O6S2/c1-3-7(2)11(14(23)18-10(6-27)15(24)25)19-13(22)9(5-26)17-12(21)8(16)4-20/h7-11,20,26-27H,3-6,16H2,1-2H3,(H,17,21)(H,18,23)(H,19,22)(H,24,25). The Balaban J connectivity index is 5.20. The Labute approximate surface area is 168 Å². The van der Waals surface area contributed by atoms with E-state index in [-0.39, 0.29) is 17.4 Å². The van der Waals surface area contributed by atoms with Gasteiger partial charge in [0.25, 0.3) is 0 Å². The Morgan fingerprint density at radius 1 is 0.963 bits per heavy atom. The van der Waals surface area contributed by atoms with Gasteiger partial charge >= 0.3 is 5.97 Å². The molecule has 0 heterocycles. The van der Waals surface area contributed by atoms with E-state index in [0.717, 1.165) is 0 Å². The predicted molar refractivity (Wildman–Crippen MR) is 106 cm³/mol. The fourth-order valence-electron chi connectivity index (χ4n) is 1.96. The number of aliphatic hydroxyl groups excluding tert-OH is 1. The molecule has 27 heavy (non-hydrogen) atoms. The van der Waals surface area contributed by atoms with Crippen LogP contribution in [0, 0.1) is 5.92 Å². The van der Waals surface area contributed by atoms with Gasteiger partial charge in [-0.05, 0) is 5.92 Å². The molecule has 0 aromatic rings. The summed E-state index contributed by atoms with van der Waals surface area (Å²) in [4.78, 5) is 47.7. The largest absolute Gasteiger partial charge is 0.480 e. The maximum atomic E-state index is 12.5. The van der Waals surface area contributed by atoms with Crippen molar-refractivity contribution in [2.75, 3.05) is 18.1 Å². The fourth-order valence-corrected chi connectivity index (χ4v) is 2.46. The molecular weight excluding hydrogens is 396 g/mol. The minimum Gasteiger partial charge on any atom is -0.480 e. The van der Waals surface area contributed by atoms with E-state index in [4.69, 9.17) is 15.9 Å². The number of aliphatic hydroxyl groups is 1. The Kier molecular flexibility index (Phi) is 12.1. The molecule has 156 valence electrons. The number of nitrogens with one attached hydrogen (secondary N) is 3. The van der Waals surface area contributed by atoms with Gasteiger partial charge in [-0.1, -0.05) is 20.3 Å². The van der Waals surface area contributed by atoms with Gasteiger partial charge in [-0.15, -0.1) is 0 Å². The van der Waals surface area contributed by atoms with Gasteiger partial charge in [0.05, 0.1) is 6.61 Å². The molecule has 5 unspecified atom stereocenters. The zero-order valence-corrected chi connectivity index (χ0v) is 17.0. The molecule has 0 bridgehead atoms. The maximum Gasteiger partial charge on any atom is 0.327 e. The average molecular weight is 425 g/mol. The van der Waals surface area contributed by atoms with Crippen molar-refractivity contribution >= 4 is 48.9 Å². The van der Waals surface area contributed by atoms with Crippen LogP contribution in [-0.2, 0) is 19.2 Å². The van der Waals surface area contributed by atoms with Crippen LogP contribution in [0.3, 0.4) is 0 Å². The first-order valence-electron chi connectivity index (χ1n) is 8.34. The van der Waals surface area contributed by atoms with Gasteiger partial charge < -0.3 is 31.9 Å². The molecule has 5 atom stereocenters. The second-order valence-electron chi connectivity index (χ2n) is 5.99. The summed E-state index contributed by atoms with van der Waals surface area (Å²) in [6.07, 6.45) is 0.532. The first kappa shape index (κ1) is 25.5. The second-order valence-corrected chi connectivity index (χ2v) is 6.72. The summed E-state index contributed by atoms with van der Waals surface area (Å²) in [5, 5.41) is 25.1. The molecule has 3 amide bonds. The third-order valence-electron chi connectivity index (χ3n) is 3.94. The molecule has 0 radical (unpaired) electrons. The molecule has 0 saturated heterocycles. The van der Waals surface area contributed by atoms with Gasteiger partial charge in [-0.2, -0.15) is 25.3 Å². The number of rotatable bonds is 12. The lowest BCUT2D eigenvalue weighted by molar-refractivity contribution is -0.142. The second kappa shape index (κ2) is 12.8. The van der Waals surface area contributed by atoms with E-state index >= 15 is 0 Å². The summed E-state index contributed by atoms with van der Waals surface area (Å²) in [5.41, 5.74) is 5.39. The highest BCUT2D eigenvalue weighted by Crippen LogP contribution is 2.09. The molecule has 0 spiro atoms. The summed E-state index contributed by atoms with van der Waals surface area (Å²) in [5.74, 6) is -3.82. The Bertz CT molecular complexity index is 536. The fraction of sp³-hybridized carbons (Fsp3) is 0.733. The van der Waals surface area contributed by atoms with Crippen LogP contribution >= 0.6 is 25.3 Å². The van der Waals surface area contributed by atoms with Crippen molar-refractivity contribution in [2.24, 2.45) is 11.7 Å². The van der Waals surface area contributed by atoms with Crippen molar-refractivity contribution in [1.29, 1.82) is 0 Å². The molecule has 0 aliphatic carbocycles. The first-order valence-corrected chi connectivity index (χ1v) is 9.61. The van der Waals surface area contributed by atoms with Crippen LogP contribution < -0.4 is 21.7 Å². The Morgan fingerprint density at radius 2 is 1.48 bits per heavy atom. The summed E-state index contributed by atoms with van der Waals surface area (Å²) >= 11 is 7.89. The summed E-state index contributed by atoms with van der Waals surface area (Å²) in [7, 11) is 0. The van der Waals surface area contributed by atoms with E-state index in [2.05, 4.69) is 41.2 Å². The van der Waals surface area contributed by atoms with Gasteiger partial charge in [0.2, 0.25) is 17.7 Å². The van der Waals surface area contributed by atoms with Gasteiger partial charge in [0.15, 0.2) is 0 Å². The van der Waals surface area contributed by atoms with Gasteiger partial charge in [-0.3, -0.25) is 14.4 Å². The van der Waals surface area contributed by atoms with Crippen molar-refractivity contribution in [3.05, 3.63) is 0 Å². The van der Waals surface area contributed by atoms with Crippen LogP contribution in [0.2, 0.25) is 0 Å². The van der Waals surface area contributed by atoms with Crippen molar-refractivity contribution in [3.8, 4) is 0 Å². The smallest absolute Gasteiger partial charge is 0.327 e. The van der Waals surface area contributed by atoms with Crippen molar-refractivity contribution in [1.82, 2.24) is 16.0 Å². The molecule has 10 nitrogen and oxygen atoms in total. The number of hydrogen-bond acceptors (Lipinski definition) is 8. The lowest BCUT2D eigenvalue weighted by Crippen LogP contribution is -2.59. The first-order chi connectivity index (χ1) is 12.6. The third-order valence-corrected chi connectivity index (χ3v) is 4.67. The predicted octanol–water partition coefficient (Wildman–Crippen LogP) is -2.25. The number of thiol groups is 2. The number of carboxylic acid groups (broad SMARTS) is 1. The molecule has 7 N–H and O–H groups in total. The minimum atomic E-state index is -1.24. The molecule has 0 aromatic carbocycles. The van der Waals surface area contributed by atoms with E-state index in [1.807, 2.05) is 6.92 Å². The highest BCUT2D eigenvalue weighted by atomic mass is 32.1. The molecule has 0 saturated carbocycles. The van der Waals surface area contributed by atoms with Crippen molar-refractivity contribution in [2.45, 2.75) is 44.4 Å². The van der Waals surface area contributed by atoms with Crippen LogP contribution in [0.5, 0.6) is 0 Å². The number of aliphatic carboxylic acids is 1. The van der Waals surface area contributed by atoms with Crippen LogP contribution in [0.25, 0.3) is 0 Å². The normalized spacial score (nSPS) is 16.4. The lowest BCUT2D eigenvalue weighted by atomic mass is 9.97. The molecule has 0 aliphatic heterocycles. The lowest BCUT2D eigenvalue weighted by Gasteiger charge is -2.27. The highest BCUT2D eigenvalue weighted by Gasteiger charge is 2.31. The molecule has 0 aromatic heterocycles. The zero-order chi connectivity index (χ0) is 21.1. The molecule has 12 heteroatoms. The Morgan fingerprint density at radius 3 is 1.89 bits per heavy atom. The maximum absolute atomic E-state index is 12.5. The zero-order valence-electron chi connectivity index (χ0n) is 15.2. The van der Waals surface area contributed by atoms with E-state index in [0.29, 0.717) is 6.42 Å². The monoisotopic (exact) mass is 424 g/mol. The van der Waals surface area contributed by atoms with Gasteiger partial charge in [0.1, 0.15) is 24.2 Å². The quantitative estimate of drug-likeness (QED) is 0.164. The number of carboxylic acids is 1. The van der Waals surface area contributed by atoms with E-state index in [1.165, 1.54) is 0 Å². The van der Waals surface area contributed by atoms with Gasteiger partial charge in [-0.25, -0.2) is 4.79 Å². The van der Waals surface area contributed by atoms with E-state index in [9.17, 15) is 19.2 Å². The van der Waals surface area contributed by atoms with E-state index < -0.39 is 54.5 Å². The minimum absolute atomic E-state index is 0.0705. The molecule has 0 fully saturated rings. The number of carbonyl (C=O) groups excluding carboxylic acids is 3. The third kappa shape index (κ3) is 8.37. The number of hydrogen-bond donors (Lipinski definition) is 8. The molecule has 0 aliphatic rings. The van der Waals surface area contributed by atoms with Crippen LogP contribution in [0.15, 0.2) is 0 Å². The molecular formula is C15H28N4O6S2. The number of amides is 3. The SMILES string of the molecule is CCC(C)C(NC(=O)C(CS)NC(=O)C(N)CO)C(=O)NC(CS)C(=O)O. The van der Waals surface area contributed by atoms with Crippen LogP contribution in [-0.4, -0.2) is 76.2 Å². The van der Waals surface area contributed by atoms with Crippen LogP contribution in [0.4, 0.5) is 0 Å². The number of carbonyl (C=O) groups is 4. The average Bonchev–Trinajstić information content (AvgIpc) is 2.65. The van der Waals surface area contributed by atoms with Gasteiger partial charge in [0, 0.05) is 11.5 Å². The van der Waals surface area contributed by atoms with Crippen molar-refractivity contribution in [3.63, 3.8) is 0 Å². The summed E-state index contributed by atoms with van der Waals surface area (Å²) < 4.78 is 0. The van der Waals surface area contributed by atoms with Crippen molar-refractivity contribution < 1.29 is 29.4 Å². The number of nitrogens with two attached hydrogens (primary N) is 1. The summed E-state index contributed by atoms with van der Waals surface area (Å²) in [6.45, 7) is 2.93. The Hall–Kier alpha value is -1.50.